The summed E-state index contributed by atoms with van der Waals surface area (Å²) in [6.45, 7) is 0. The summed E-state index contributed by atoms with van der Waals surface area (Å²) < 4.78 is 2.04. The Labute approximate surface area is 131 Å². The van der Waals surface area contributed by atoms with Gasteiger partial charge in [0.15, 0.2) is 0 Å². The highest BCUT2D eigenvalue weighted by molar-refractivity contribution is 9.10. The molecular weight excluding hydrogens is 388 g/mol. The number of benzene rings is 1. The predicted molar refractivity (Wildman–Crippen MR) is 86.2 cm³/mol. The highest BCUT2D eigenvalue weighted by Crippen LogP contribution is 2.28. The number of rotatable bonds is 2. The largest absolute Gasteiger partial charge is 0.253 e. The van der Waals surface area contributed by atoms with Crippen molar-refractivity contribution in [3.8, 4) is 22.0 Å². The molecule has 0 saturated heterocycles. The fraction of sp³-hybridized carbons (Fsp3) is 0. The molecule has 2 nitrogen and oxygen atoms in total. The van der Waals surface area contributed by atoms with Crippen LogP contribution in [0.4, 0.5) is 0 Å². The Kier molecular flexibility index (Phi) is 3.77. The van der Waals surface area contributed by atoms with Gasteiger partial charge < -0.3 is 0 Å². The lowest BCUT2D eigenvalue weighted by molar-refractivity contribution is 1.28. The van der Waals surface area contributed by atoms with Crippen molar-refractivity contribution < 1.29 is 0 Å². The molecule has 0 saturated carbocycles. The van der Waals surface area contributed by atoms with E-state index in [-0.39, 0.29) is 0 Å². The minimum Gasteiger partial charge on any atom is -0.253 e. The molecule has 0 spiro atoms. The molecule has 0 bridgehead atoms. The quantitative estimate of drug-likeness (QED) is 0.580. The highest BCUT2D eigenvalue weighted by Gasteiger charge is 2.07. The normalized spacial score (nSPS) is 10.6. The van der Waals surface area contributed by atoms with E-state index in [9.17, 15) is 0 Å². The zero-order chi connectivity index (χ0) is 13.2. The summed E-state index contributed by atoms with van der Waals surface area (Å²) >= 11 is 8.42. The van der Waals surface area contributed by atoms with Gasteiger partial charge in [0.05, 0.1) is 11.4 Å². The molecule has 0 aliphatic heterocycles. The Morgan fingerprint density at radius 3 is 2.26 bits per heavy atom. The first-order valence-corrected chi connectivity index (χ1v) is 8.02. The minimum absolute atomic E-state index is 0.900. The summed E-state index contributed by atoms with van der Waals surface area (Å²) in [6, 6.07) is 12.1. The summed E-state index contributed by atoms with van der Waals surface area (Å²) in [5.41, 5.74) is 3.00. The van der Waals surface area contributed by atoms with Crippen molar-refractivity contribution in [1.82, 2.24) is 9.97 Å². The minimum atomic E-state index is 0.900. The topological polar surface area (TPSA) is 25.8 Å². The number of hydrogen-bond donors (Lipinski definition) is 0. The molecule has 0 aliphatic carbocycles. The van der Waals surface area contributed by atoms with Gasteiger partial charge in [-0.25, -0.2) is 4.98 Å². The number of halogens is 2. The maximum atomic E-state index is 4.64. The van der Waals surface area contributed by atoms with Crippen molar-refractivity contribution >= 4 is 43.2 Å². The maximum absolute atomic E-state index is 4.64. The van der Waals surface area contributed by atoms with Gasteiger partial charge in [-0.05, 0) is 40.2 Å². The van der Waals surface area contributed by atoms with Gasteiger partial charge in [-0.1, -0.05) is 28.1 Å². The number of hydrogen-bond acceptors (Lipinski definition) is 3. The second-order valence-corrected chi connectivity index (χ2v) is 6.60. The third-order valence-corrected chi connectivity index (χ3v) is 4.45. The van der Waals surface area contributed by atoms with Crippen LogP contribution >= 0.6 is 43.2 Å². The maximum Gasteiger partial charge on any atom is 0.142 e. The summed E-state index contributed by atoms with van der Waals surface area (Å²) in [5, 5.41) is 2.99. The summed E-state index contributed by atoms with van der Waals surface area (Å²) in [4.78, 5) is 9.00. The van der Waals surface area contributed by atoms with Crippen LogP contribution in [0.15, 0.2) is 56.9 Å². The predicted octanol–water partition coefficient (Wildman–Crippen LogP) is 5.40. The Morgan fingerprint density at radius 2 is 1.58 bits per heavy atom. The van der Waals surface area contributed by atoms with Crippen LogP contribution in [-0.2, 0) is 0 Å². The monoisotopic (exact) mass is 394 g/mol. The molecule has 5 heteroatoms. The van der Waals surface area contributed by atoms with Gasteiger partial charge in [-0.3, -0.25) is 4.98 Å². The lowest BCUT2D eigenvalue weighted by Gasteiger charge is -1.97. The first kappa shape index (κ1) is 13.0. The molecule has 94 valence electrons. The zero-order valence-corrected chi connectivity index (χ0v) is 13.7. The molecule has 0 aliphatic rings. The Bertz CT molecular complexity index is 630. The van der Waals surface area contributed by atoms with Crippen molar-refractivity contribution in [2.45, 2.75) is 0 Å². The third-order valence-electron chi connectivity index (χ3n) is 2.59. The van der Waals surface area contributed by atoms with Gasteiger partial charge in [0.25, 0.3) is 0 Å². The Hall–Kier alpha value is -1.04. The molecule has 2 aromatic heterocycles. The lowest BCUT2D eigenvalue weighted by atomic mass is 10.2. The fourth-order valence-electron chi connectivity index (χ4n) is 1.65. The summed E-state index contributed by atoms with van der Waals surface area (Å²) in [5.74, 6) is 0. The van der Waals surface area contributed by atoms with Crippen molar-refractivity contribution in [3.63, 3.8) is 0 Å². The third kappa shape index (κ3) is 2.94. The second kappa shape index (κ2) is 5.53. The van der Waals surface area contributed by atoms with Crippen LogP contribution in [0.5, 0.6) is 0 Å². The van der Waals surface area contributed by atoms with Crippen LogP contribution < -0.4 is 0 Å². The van der Waals surface area contributed by atoms with E-state index in [2.05, 4.69) is 59.3 Å². The van der Waals surface area contributed by atoms with Gasteiger partial charge in [-0.2, -0.15) is 0 Å². The van der Waals surface area contributed by atoms with Crippen LogP contribution in [0.1, 0.15) is 0 Å². The molecule has 3 aromatic rings. The van der Waals surface area contributed by atoms with Gasteiger partial charge in [0, 0.05) is 26.1 Å². The molecule has 0 fully saturated rings. The molecule has 19 heavy (non-hydrogen) atoms. The van der Waals surface area contributed by atoms with E-state index in [4.69, 9.17) is 0 Å². The summed E-state index contributed by atoms with van der Waals surface area (Å²) in [6.07, 6.45) is 1.79. The van der Waals surface area contributed by atoms with Crippen LogP contribution in [0.25, 0.3) is 22.0 Å². The van der Waals surface area contributed by atoms with E-state index in [1.54, 1.807) is 17.5 Å². The van der Waals surface area contributed by atoms with Crippen LogP contribution in [-0.4, -0.2) is 9.97 Å². The standard InChI is InChI=1S/C14H8Br2N2S/c15-10-3-1-9(2-4-10)13-8-19-14(18-13)12-6-5-11(16)7-17-12/h1-8H. The van der Waals surface area contributed by atoms with Crippen molar-refractivity contribution in [3.05, 3.63) is 56.9 Å². The Morgan fingerprint density at radius 1 is 0.842 bits per heavy atom. The molecule has 3 rings (SSSR count). The van der Waals surface area contributed by atoms with E-state index in [1.807, 2.05) is 24.3 Å². The average Bonchev–Trinajstić information content (AvgIpc) is 2.90. The van der Waals surface area contributed by atoms with E-state index in [0.29, 0.717) is 0 Å². The molecular formula is C14H8Br2N2S. The van der Waals surface area contributed by atoms with Crippen molar-refractivity contribution in [1.29, 1.82) is 0 Å². The highest BCUT2D eigenvalue weighted by atomic mass is 79.9. The number of nitrogens with zero attached hydrogens (tertiary/aromatic N) is 2. The van der Waals surface area contributed by atoms with Gasteiger partial charge in [0.2, 0.25) is 0 Å². The van der Waals surface area contributed by atoms with E-state index < -0.39 is 0 Å². The fourth-order valence-corrected chi connectivity index (χ4v) is 2.95. The van der Waals surface area contributed by atoms with Crippen LogP contribution in [0, 0.1) is 0 Å². The van der Waals surface area contributed by atoms with Crippen LogP contribution in [0.2, 0.25) is 0 Å². The van der Waals surface area contributed by atoms with E-state index >= 15 is 0 Å². The Balaban J connectivity index is 1.95. The number of pyridine rings is 1. The van der Waals surface area contributed by atoms with Gasteiger partial charge in [0.1, 0.15) is 5.01 Å². The molecule has 0 N–H and O–H groups in total. The second-order valence-electron chi connectivity index (χ2n) is 3.91. The summed E-state index contributed by atoms with van der Waals surface area (Å²) in [7, 11) is 0. The molecule has 0 unspecified atom stereocenters. The number of thiazole rings is 1. The van der Waals surface area contributed by atoms with Gasteiger partial charge in [-0.15, -0.1) is 11.3 Å². The number of aromatic nitrogens is 2. The molecule has 1 aromatic carbocycles. The average molecular weight is 396 g/mol. The van der Waals surface area contributed by atoms with E-state index in [0.717, 1.165) is 30.9 Å². The first-order valence-electron chi connectivity index (χ1n) is 5.56. The van der Waals surface area contributed by atoms with Gasteiger partial charge >= 0.3 is 0 Å². The first-order chi connectivity index (χ1) is 9.22. The molecule has 0 radical (unpaired) electrons. The SMILES string of the molecule is Brc1ccc(-c2csc(-c3ccc(Br)cn3)n2)cc1. The van der Waals surface area contributed by atoms with E-state index in [1.165, 1.54) is 0 Å². The van der Waals surface area contributed by atoms with Crippen molar-refractivity contribution in [2.24, 2.45) is 0 Å². The van der Waals surface area contributed by atoms with Crippen LogP contribution in [0.3, 0.4) is 0 Å². The zero-order valence-electron chi connectivity index (χ0n) is 9.68. The smallest absolute Gasteiger partial charge is 0.142 e. The molecule has 2 heterocycles. The molecule has 0 amide bonds. The lowest BCUT2D eigenvalue weighted by Crippen LogP contribution is -1.82. The molecule has 0 atom stereocenters. The van der Waals surface area contributed by atoms with Crippen molar-refractivity contribution in [2.75, 3.05) is 0 Å².